The Labute approximate surface area is 193 Å². The fourth-order valence-corrected chi connectivity index (χ4v) is 4.74. The van der Waals surface area contributed by atoms with E-state index < -0.39 is 0 Å². The van der Waals surface area contributed by atoms with E-state index in [1.165, 1.54) is 4.91 Å². The van der Waals surface area contributed by atoms with Crippen molar-refractivity contribution < 1.29 is 9.53 Å². The van der Waals surface area contributed by atoms with Gasteiger partial charge >= 0.3 is 0 Å². The Bertz CT molecular complexity index is 1050. The maximum absolute atomic E-state index is 12.7. The number of aromatic nitrogens is 2. The summed E-state index contributed by atoms with van der Waals surface area (Å²) < 4.78 is 5.99. The van der Waals surface area contributed by atoms with Gasteiger partial charge in [-0.05, 0) is 43.4 Å². The maximum Gasteiger partial charge on any atom is 0.254 e. The molecule has 0 fully saturated rings. The Kier molecular flexibility index (Phi) is 8.01. The molecule has 0 bridgehead atoms. The van der Waals surface area contributed by atoms with Gasteiger partial charge in [0, 0.05) is 22.4 Å². The molecule has 1 aromatic heterocycles. The number of anilines is 1. The molecule has 1 aromatic carbocycles. The topological polar surface area (TPSA) is 87.3 Å². The molecule has 1 unspecified atom stereocenters. The smallest absolute Gasteiger partial charge is 0.254 e. The predicted octanol–water partition coefficient (Wildman–Crippen LogP) is 4.43. The summed E-state index contributed by atoms with van der Waals surface area (Å²) in [4.78, 5) is 34.9. The highest BCUT2D eigenvalue weighted by Gasteiger charge is 2.28. The number of aryl methyl sites for hydroxylation is 1. The van der Waals surface area contributed by atoms with Gasteiger partial charge in [-0.3, -0.25) is 9.59 Å². The molecule has 0 saturated carbocycles. The lowest BCUT2D eigenvalue weighted by molar-refractivity contribution is -0.109. The van der Waals surface area contributed by atoms with Crippen LogP contribution >= 0.6 is 11.8 Å². The Hall–Kier alpha value is -2.74. The minimum absolute atomic E-state index is 0.111. The van der Waals surface area contributed by atoms with Gasteiger partial charge in [-0.15, -0.1) is 0 Å². The molecule has 32 heavy (non-hydrogen) atoms. The van der Waals surface area contributed by atoms with E-state index in [0.717, 1.165) is 35.3 Å². The Balaban J connectivity index is 2.13. The molecule has 7 nitrogen and oxygen atoms in total. The van der Waals surface area contributed by atoms with Crippen molar-refractivity contribution >= 4 is 23.9 Å². The number of allylic oxidation sites excluding steroid dienone is 1. The van der Waals surface area contributed by atoms with Crippen LogP contribution in [0.3, 0.4) is 0 Å². The van der Waals surface area contributed by atoms with E-state index in [2.05, 4.69) is 37.3 Å². The molecule has 0 saturated heterocycles. The van der Waals surface area contributed by atoms with Gasteiger partial charge < -0.3 is 19.9 Å². The predicted molar refractivity (Wildman–Crippen MR) is 131 cm³/mol. The van der Waals surface area contributed by atoms with Gasteiger partial charge in [0.25, 0.3) is 5.56 Å². The van der Waals surface area contributed by atoms with Crippen LogP contribution in [0, 0.1) is 5.92 Å². The first-order chi connectivity index (χ1) is 15.4. The molecule has 3 rings (SSSR count). The lowest BCUT2D eigenvalue weighted by Gasteiger charge is -2.25. The highest BCUT2D eigenvalue weighted by Crippen LogP contribution is 2.41. The number of hydrogen-bond acceptors (Lipinski definition) is 6. The van der Waals surface area contributed by atoms with Crippen molar-refractivity contribution in [3.05, 3.63) is 50.9 Å². The standard InChI is InChI=1S/C24H32N4O3S/c1-6-11-31-20-10-9-16(28-13-21(15(4)5)32-24(28)25-14-29)12-18(20)22-26-19(8-3)17(7-2)23(30)27-22/h9-10,12-15,24H,6-8,11H2,1-5H3,(H,25,29)(H,26,27,30). The fraction of sp³-hybridized carbons (Fsp3) is 0.458. The normalized spacial score (nSPS) is 15.8. The van der Waals surface area contributed by atoms with Gasteiger partial charge in [0.05, 0.1) is 17.9 Å². The van der Waals surface area contributed by atoms with Crippen molar-refractivity contribution in [2.45, 2.75) is 59.4 Å². The zero-order valence-corrected chi connectivity index (χ0v) is 20.2. The number of hydrogen-bond donors (Lipinski definition) is 2. The summed E-state index contributed by atoms with van der Waals surface area (Å²) in [6.45, 7) is 10.8. The number of carbonyl (C=O) groups excluding carboxylic acids is 1. The van der Waals surface area contributed by atoms with E-state index in [0.29, 0.717) is 36.9 Å². The lowest BCUT2D eigenvalue weighted by atomic mass is 10.1. The number of rotatable bonds is 10. The summed E-state index contributed by atoms with van der Waals surface area (Å²) in [5.74, 6) is 1.51. The number of nitrogens with zero attached hydrogens (tertiary/aromatic N) is 2. The Morgan fingerprint density at radius 3 is 2.69 bits per heavy atom. The summed E-state index contributed by atoms with van der Waals surface area (Å²) in [5.41, 5.74) is 2.79. The van der Waals surface area contributed by atoms with Crippen LogP contribution in [0.25, 0.3) is 11.4 Å². The van der Waals surface area contributed by atoms with Crippen molar-refractivity contribution in [1.82, 2.24) is 15.3 Å². The summed E-state index contributed by atoms with van der Waals surface area (Å²) in [6, 6.07) is 5.84. The molecular weight excluding hydrogens is 424 g/mol. The average molecular weight is 457 g/mol. The summed E-state index contributed by atoms with van der Waals surface area (Å²) >= 11 is 1.62. The fourth-order valence-electron chi connectivity index (χ4n) is 3.62. The summed E-state index contributed by atoms with van der Waals surface area (Å²) in [7, 11) is 0. The summed E-state index contributed by atoms with van der Waals surface area (Å²) in [5, 5.41) is 2.88. The highest BCUT2D eigenvalue weighted by atomic mass is 32.2. The largest absolute Gasteiger partial charge is 0.493 e. The van der Waals surface area contributed by atoms with Gasteiger partial charge in [0.1, 0.15) is 11.6 Å². The third kappa shape index (κ3) is 5.01. The highest BCUT2D eigenvalue weighted by molar-refractivity contribution is 8.04. The average Bonchev–Trinajstić information content (AvgIpc) is 3.21. The minimum atomic E-state index is -0.235. The monoisotopic (exact) mass is 456 g/mol. The molecule has 2 N–H and O–H groups in total. The van der Waals surface area contributed by atoms with Gasteiger partial charge in [-0.1, -0.05) is 46.4 Å². The van der Waals surface area contributed by atoms with Crippen molar-refractivity contribution in [2.75, 3.05) is 11.5 Å². The molecule has 1 atom stereocenters. The number of nitrogens with one attached hydrogen (secondary N) is 2. The van der Waals surface area contributed by atoms with Crippen LogP contribution in [-0.2, 0) is 17.6 Å². The number of thioether (sulfide) groups is 1. The molecule has 2 heterocycles. The van der Waals surface area contributed by atoms with Crippen LogP contribution in [0.4, 0.5) is 5.69 Å². The van der Waals surface area contributed by atoms with Crippen molar-refractivity contribution in [1.29, 1.82) is 0 Å². The number of ether oxygens (including phenoxy) is 1. The maximum atomic E-state index is 12.7. The quantitative estimate of drug-likeness (QED) is 0.514. The third-order valence-electron chi connectivity index (χ3n) is 5.31. The van der Waals surface area contributed by atoms with E-state index in [1.54, 1.807) is 11.8 Å². The van der Waals surface area contributed by atoms with Gasteiger partial charge in [-0.2, -0.15) is 0 Å². The van der Waals surface area contributed by atoms with Crippen LogP contribution < -0.4 is 20.5 Å². The molecular formula is C24H32N4O3S. The number of amides is 1. The molecule has 2 aromatic rings. The van der Waals surface area contributed by atoms with E-state index in [9.17, 15) is 9.59 Å². The van der Waals surface area contributed by atoms with Crippen LogP contribution in [0.2, 0.25) is 0 Å². The van der Waals surface area contributed by atoms with E-state index in [1.807, 2.05) is 36.9 Å². The number of H-pyrrole nitrogens is 1. The van der Waals surface area contributed by atoms with Crippen molar-refractivity contribution in [3.8, 4) is 17.1 Å². The number of aromatic amines is 1. The third-order valence-corrected chi connectivity index (χ3v) is 6.75. The van der Waals surface area contributed by atoms with Crippen molar-refractivity contribution in [2.24, 2.45) is 5.92 Å². The van der Waals surface area contributed by atoms with E-state index in [-0.39, 0.29) is 11.1 Å². The Morgan fingerprint density at radius 1 is 1.28 bits per heavy atom. The number of benzene rings is 1. The molecule has 172 valence electrons. The molecule has 8 heteroatoms. The van der Waals surface area contributed by atoms with Gasteiger partial charge in [0.2, 0.25) is 6.41 Å². The first kappa shape index (κ1) is 23.9. The van der Waals surface area contributed by atoms with E-state index in [4.69, 9.17) is 9.72 Å². The molecule has 1 amide bonds. The lowest BCUT2D eigenvalue weighted by Crippen LogP contribution is -2.37. The van der Waals surface area contributed by atoms with Crippen LogP contribution in [0.5, 0.6) is 5.75 Å². The van der Waals surface area contributed by atoms with Crippen LogP contribution in [0.1, 0.15) is 52.3 Å². The second-order valence-corrected chi connectivity index (χ2v) is 9.08. The summed E-state index contributed by atoms with van der Waals surface area (Å²) in [6.07, 6.45) is 4.97. The second-order valence-electron chi connectivity index (χ2n) is 7.92. The second kappa shape index (κ2) is 10.7. The van der Waals surface area contributed by atoms with Gasteiger partial charge in [0.15, 0.2) is 5.50 Å². The number of carbonyl (C=O) groups is 1. The van der Waals surface area contributed by atoms with Crippen molar-refractivity contribution in [3.63, 3.8) is 0 Å². The molecule has 1 aliphatic rings. The van der Waals surface area contributed by atoms with Crippen LogP contribution in [-0.4, -0.2) is 28.5 Å². The molecule has 0 aliphatic carbocycles. The first-order valence-electron chi connectivity index (χ1n) is 11.2. The first-order valence-corrected chi connectivity index (χ1v) is 12.1. The van der Waals surface area contributed by atoms with Crippen LogP contribution in [0.15, 0.2) is 34.1 Å². The van der Waals surface area contributed by atoms with E-state index >= 15 is 0 Å². The molecule has 0 spiro atoms. The SMILES string of the molecule is CCCOc1ccc(N2C=C(C(C)C)SC2NC=O)cc1-c1nc(CC)c(CC)c(=O)[nH]1. The Morgan fingerprint density at radius 2 is 2.06 bits per heavy atom. The molecule has 1 aliphatic heterocycles. The zero-order chi connectivity index (χ0) is 23.3. The van der Waals surface area contributed by atoms with Gasteiger partial charge in [-0.25, -0.2) is 4.98 Å². The minimum Gasteiger partial charge on any atom is -0.493 e. The molecule has 0 radical (unpaired) electrons. The zero-order valence-electron chi connectivity index (χ0n) is 19.4.